The van der Waals surface area contributed by atoms with Crippen LogP contribution in [0, 0.1) is 0 Å². The van der Waals surface area contributed by atoms with Gasteiger partial charge in [0.15, 0.2) is 0 Å². The van der Waals surface area contributed by atoms with Crippen molar-refractivity contribution in [1.29, 1.82) is 0 Å². The third-order valence-corrected chi connectivity index (χ3v) is 3.05. The quantitative estimate of drug-likeness (QED) is 0.911. The van der Waals surface area contributed by atoms with E-state index in [4.69, 9.17) is 10.5 Å². The van der Waals surface area contributed by atoms with Crippen molar-refractivity contribution >= 4 is 15.9 Å². The van der Waals surface area contributed by atoms with Crippen LogP contribution in [0.2, 0.25) is 0 Å². The normalized spacial score (nSPS) is 14.0. The lowest BCUT2D eigenvalue weighted by Gasteiger charge is -2.17. The predicted octanol–water partition coefficient (Wildman–Crippen LogP) is 3.89. The van der Waals surface area contributed by atoms with Crippen molar-refractivity contribution in [1.82, 2.24) is 0 Å². The molecule has 2 N–H and O–H groups in total. The van der Waals surface area contributed by atoms with Gasteiger partial charge in [0.05, 0.1) is 24.3 Å². The minimum absolute atomic E-state index is 0.0133. The van der Waals surface area contributed by atoms with Crippen molar-refractivity contribution in [2.45, 2.75) is 32.2 Å². The zero-order valence-corrected chi connectivity index (χ0v) is 11.7. The van der Waals surface area contributed by atoms with Crippen LogP contribution in [0.3, 0.4) is 0 Å². The Labute approximate surface area is 112 Å². The summed E-state index contributed by atoms with van der Waals surface area (Å²) in [6.07, 6.45) is -4.38. The van der Waals surface area contributed by atoms with E-state index >= 15 is 0 Å². The molecule has 0 aromatic heterocycles. The van der Waals surface area contributed by atoms with Crippen LogP contribution in [0.5, 0.6) is 0 Å². The Morgan fingerprint density at radius 3 is 2.44 bits per heavy atom. The highest BCUT2D eigenvalue weighted by atomic mass is 79.9. The van der Waals surface area contributed by atoms with Gasteiger partial charge in [-0.15, -0.1) is 0 Å². The molecule has 2 nitrogen and oxygen atoms in total. The third kappa shape index (κ3) is 4.26. The predicted molar refractivity (Wildman–Crippen MR) is 67.2 cm³/mol. The van der Waals surface area contributed by atoms with Crippen LogP contribution in [0.15, 0.2) is 22.7 Å². The van der Waals surface area contributed by atoms with E-state index in [0.717, 1.165) is 12.1 Å². The molecule has 18 heavy (non-hydrogen) atoms. The summed E-state index contributed by atoms with van der Waals surface area (Å²) in [6, 6.07) is 2.83. The molecule has 0 aliphatic carbocycles. The van der Waals surface area contributed by atoms with Crippen LogP contribution in [0.1, 0.15) is 31.0 Å². The summed E-state index contributed by atoms with van der Waals surface area (Å²) in [4.78, 5) is 0. The number of ether oxygens (including phenoxy) is 1. The van der Waals surface area contributed by atoms with E-state index < -0.39 is 17.8 Å². The fraction of sp³-hybridized carbons (Fsp3) is 0.500. The average Bonchev–Trinajstić information content (AvgIpc) is 2.24. The minimum atomic E-state index is -4.37. The molecule has 1 unspecified atom stereocenters. The van der Waals surface area contributed by atoms with Gasteiger partial charge < -0.3 is 10.5 Å². The smallest absolute Gasteiger partial charge is 0.377 e. The zero-order valence-electron chi connectivity index (χ0n) is 10.1. The van der Waals surface area contributed by atoms with Gasteiger partial charge in [0.1, 0.15) is 0 Å². The molecular weight excluding hydrogens is 311 g/mol. The molecule has 102 valence electrons. The van der Waals surface area contributed by atoms with Gasteiger partial charge in [0.25, 0.3) is 0 Å². The Morgan fingerprint density at radius 2 is 1.94 bits per heavy atom. The molecule has 0 saturated carbocycles. The van der Waals surface area contributed by atoms with Crippen LogP contribution in [-0.2, 0) is 10.9 Å². The molecule has 0 aliphatic heterocycles. The first-order chi connectivity index (χ1) is 8.21. The summed E-state index contributed by atoms with van der Waals surface area (Å²) in [5.74, 6) is 0. The Hall–Kier alpha value is -0.590. The maximum atomic E-state index is 12.6. The topological polar surface area (TPSA) is 35.2 Å². The van der Waals surface area contributed by atoms with Gasteiger partial charge in [-0.25, -0.2) is 0 Å². The zero-order chi connectivity index (χ0) is 13.9. The van der Waals surface area contributed by atoms with Gasteiger partial charge in [-0.05, 0) is 37.6 Å². The molecule has 0 radical (unpaired) electrons. The molecule has 0 spiro atoms. The van der Waals surface area contributed by atoms with Gasteiger partial charge in [0, 0.05) is 4.47 Å². The molecule has 0 amide bonds. The molecule has 1 atom stereocenters. The molecule has 0 saturated heterocycles. The van der Waals surface area contributed by atoms with Crippen molar-refractivity contribution in [3.05, 3.63) is 33.8 Å². The van der Waals surface area contributed by atoms with Crippen LogP contribution in [-0.4, -0.2) is 12.7 Å². The Balaban J connectivity index is 2.93. The SMILES string of the molecule is CC(C)OCC(N)c1cc(C(F)(F)F)ccc1Br. The maximum Gasteiger partial charge on any atom is 0.416 e. The van der Waals surface area contributed by atoms with Crippen LogP contribution < -0.4 is 5.73 Å². The largest absolute Gasteiger partial charge is 0.416 e. The molecule has 1 aromatic carbocycles. The van der Waals surface area contributed by atoms with E-state index in [9.17, 15) is 13.2 Å². The van der Waals surface area contributed by atoms with Crippen molar-refractivity contribution in [2.75, 3.05) is 6.61 Å². The van der Waals surface area contributed by atoms with Crippen LogP contribution in [0.4, 0.5) is 13.2 Å². The van der Waals surface area contributed by atoms with Crippen molar-refractivity contribution < 1.29 is 17.9 Å². The minimum Gasteiger partial charge on any atom is -0.377 e. The molecule has 1 rings (SSSR count). The lowest BCUT2D eigenvalue weighted by atomic mass is 10.0. The second-order valence-electron chi connectivity index (χ2n) is 4.22. The lowest BCUT2D eigenvalue weighted by molar-refractivity contribution is -0.137. The Morgan fingerprint density at radius 1 is 1.33 bits per heavy atom. The van der Waals surface area contributed by atoms with Gasteiger partial charge in [-0.1, -0.05) is 15.9 Å². The summed E-state index contributed by atoms with van der Waals surface area (Å²) in [5, 5.41) is 0. The van der Waals surface area contributed by atoms with Gasteiger partial charge in [0.2, 0.25) is 0 Å². The second kappa shape index (κ2) is 6.04. The van der Waals surface area contributed by atoms with E-state index in [1.807, 2.05) is 13.8 Å². The highest BCUT2D eigenvalue weighted by Crippen LogP contribution is 2.33. The van der Waals surface area contributed by atoms with Gasteiger partial charge in [-0.3, -0.25) is 0 Å². The van der Waals surface area contributed by atoms with E-state index in [-0.39, 0.29) is 12.7 Å². The third-order valence-electron chi connectivity index (χ3n) is 2.33. The fourth-order valence-corrected chi connectivity index (χ4v) is 1.93. The Kier molecular flexibility index (Phi) is 5.19. The van der Waals surface area contributed by atoms with Crippen molar-refractivity contribution in [3.63, 3.8) is 0 Å². The summed E-state index contributed by atoms with van der Waals surface area (Å²) < 4.78 is 43.6. The number of halogens is 4. The maximum absolute atomic E-state index is 12.6. The first-order valence-electron chi connectivity index (χ1n) is 5.45. The number of benzene rings is 1. The standard InChI is InChI=1S/C12H15BrF3NO/c1-7(2)18-6-11(17)9-5-8(12(14,15)16)3-4-10(9)13/h3-5,7,11H,6,17H2,1-2H3. The molecular formula is C12H15BrF3NO. The number of rotatable bonds is 4. The molecule has 6 heteroatoms. The second-order valence-corrected chi connectivity index (χ2v) is 5.08. The van der Waals surface area contributed by atoms with E-state index in [2.05, 4.69) is 15.9 Å². The number of hydrogen-bond donors (Lipinski definition) is 1. The fourth-order valence-electron chi connectivity index (χ4n) is 1.39. The molecule has 0 heterocycles. The highest BCUT2D eigenvalue weighted by molar-refractivity contribution is 9.10. The van der Waals surface area contributed by atoms with Gasteiger partial charge >= 0.3 is 6.18 Å². The molecule has 0 fully saturated rings. The van der Waals surface area contributed by atoms with E-state index in [1.54, 1.807) is 0 Å². The molecule has 1 aromatic rings. The summed E-state index contributed by atoms with van der Waals surface area (Å²) in [7, 11) is 0. The van der Waals surface area contributed by atoms with E-state index in [1.165, 1.54) is 6.07 Å². The number of alkyl halides is 3. The summed E-state index contributed by atoms with van der Waals surface area (Å²) >= 11 is 3.20. The van der Waals surface area contributed by atoms with Crippen molar-refractivity contribution in [3.8, 4) is 0 Å². The number of nitrogens with two attached hydrogens (primary N) is 1. The summed E-state index contributed by atoms with van der Waals surface area (Å²) in [5.41, 5.74) is 5.52. The van der Waals surface area contributed by atoms with Crippen molar-refractivity contribution in [2.24, 2.45) is 5.73 Å². The monoisotopic (exact) mass is 325 g/mol. The first-order valence-corrected chi connectivity index (χ1v) is 6.25. The van der Waals surface area contributed by atoms with Crippen LogP contribution >= 0.6 is 15.9 Å². The highest BCUT2D eigenvalue weighted by Gasteiger charge is 2.31. The molecule has 0 bridgehead atoms. The Bertz CT molecular complexity index is 407. The molecule has 0 aliphatic rings. The first kappa shape index (κ1) is 15.5. The van der Waals surface area contributed by atoms with Crippen LogP contribution in [0.25, 0.3) is 0 Å². The lowest BCUT2D eigenvalue weighted by Crippen LogP contribution is -2.20. The van der Waals surface area contributed by atoms with E-state index in [0.29, 0.717) is 10.0 Å². The average molecular weight is 326 g/mol. The number of hydrogen-bond acceptors (Lipinski definition) is 2. The van der Waals surface area contributed by atoms with Gasteiger partial charge in [-0.2, -0.15) is 13.2 Å². The summed E-state index contributed by atoms with van der Waals surface area (Å²) in [6.45, 7) is 3.86.